The Labute approximate surface area is 108 Å². The summed E-state index contributed by atoms with van der Waals surface area (Å²) in [7, 11) is 0. The Morgan fingerprint density at radius 1 is 1.56 bits per heavy atom. The molecule has 1 rings (SSSR count). The molecule has 0 unspecified atom stereocenters. The minimum absolute atomic E-state index is 0.522. The van der Waals surface area contributed by atoms with Crippen LogP contribution in [0.1, 0.15) is 40.0 Å². The maximum absolute atomic E-state index is 10.9. The quantitative estimate of drug-likeness (QED) is 0.724. The Morgan fingerprint density at radius 2 is 2.28 bits per heavy atom. The molecule has 18 heavy (non-hydrogen) atoms. The minimum Gasteiger partial charge on any atom is -0.490 e. The van der Waals surface area contributed by atoms with Gasteiger partial charge in [0, 0.05) is 6.54 Å². The van der Waals surface area contributed by atoms with Gasteiger partial charge in [-0.05, 0) is 33.1 Å². The van der Waals surface area contributed by atoms with Gasteiger partial charge in [0.25, 0.3) is 0 Å². The lowest BCUT2D eigenvalue weighted by atomic mass is 9.88. The molecule has 0 aliphatic heterocycles. The first-order chi connectivity index (χ1) is 8.45. The molecule has 0 fully saturated rings. The zero-order chi connectivity index (χ0) is 13.6. The van der Waals surface area contributed by atoms with Gasteiger partial charge < -0.3 is 9.84 Å². The summed E-state index contributed by atoms with van der Waals surface area (Å²) in [6, 6.07) is 0. The van der Waals surface area contributed by atoms with Crippen molar-refractivity contribution in [3.63, 3.8) is 0 Å². The highest BCUT2D eigenvalue weighted by molar-refractivity contribution is 5.73. The Bertz CT molecular complexity index is 385. The molecule has 0 spiro atoms. The molecule has 1 heterocycles. The first-order valence-corrected chi connectivity index (χ1v) is 6.34. The third kappa shape index (κ3) is 4.39. The van der Waals surface area contributed by atoms with Crippen molar-refractivity contribution in [2.75, 3.05) is 6.61 Å². The molecule has 102 valence electrons. The van der Waals surface area contributed by atoms with Gasteiger partial charge in [-0.2, -0.15) is 5.10 Å². The second kappa shape index (κ2) is 6.42. The van der Waals surface area contributed by atoms with Gasteiger partial charge in [0.2, 0.25) is 0 Å². The van der Waals surface area contributed by atoms with Crippen LogP contribution in [0.15, 0.2) is 12.4 Å². The standard InChI is InChI=1S/C13H22N2O3/c1-4-7-15-10-11(9-14-15)18-8-5-6-13(2,3)12(16)17/h9-10H,4-8H2,1-3H3,(H,16,17). The first kappa shape index (κ1) is 14.5. The van der Waals surface area contributed by atoms with E-state index >= 15 is 0 Å². The maximum atomic E-state index is 10.9. The average Bonchev–Trinajstić information content (AvgIpc) is 2.73. The molecule has 1 aromatic rings. The Hall–Kier alpha value is -1.52. The Morgan fingerprint density at radius 3 is 2.89 bits per heavy atom. The van der Waals surface area contributed by atoms with E-state index in [1.807, 2.05) is 10.9 Å². The number of aromatic nitrogens is 2. The fraction of sp³-hybridized carbons (Fsp3) is 0.692. The molecular weight excluding hydrogens is 232 g/mol. The van der Waals surface area contributed by atoms with Crippen LogP contribution in [0, 0.1) is 5.41 Å². The molecule has 0 bridgehead atoms. The van der Waals surface area contributed by atoms with Crippen molar-refractivity contribution in [3.8, 4) is 5.75 Å². The molecule has 0 aliphatic rings. The molecule has 1 N–H and O–H groups in total. The van der Waals surface area contributed by atoms with Crippen molar-refractivity contribution in [2.24, 2.45) is 5.41 Å². The zero-order valence-corrected chi connectivity index (χ0v) is 11.3. The number of carboxylic acids is 1. The predicted octanol–water partition coefficient (Wildman–Crippen LogP) is 2.56. The van der Waals surface area contributed by atoms with Crippen molar-refractivity contribution < 1.29 is 14.6 Å². The van der Waals surface area contributed by atoms with Crippen molar-refractivity contribution in [1.82, 2.24) is 9.78 Å². The van der Waals surface area contributed by atoms with Gasteiger partial charge in [-0.15, -0.1) is 0 Å². The Kier molecular flexibility index (Phi) is 5.19. The number of hydrogen-bond acceptors (Lipinski definition) is 3. The van der Waals surface area contributed by atoms with Crippen LogP contribution in [0.4, 0.5) is 0 Å². The summed E-state index contributed by atoms with van der Waals surface area (Å²) in [6.45, 7) is 6.96. The van der Waals surface area contributed by atoms with Gasteiger partial charge in [-0.25, -0.2) is 0 Å². The zero-order valence-electron chi connectivity index (χ0n) is 11.3. The molecule has 0 aliphatic carbocycles. The van der Waals surface area contributed by atoms with E-state index in [2.05, 4.69) is 12.0 Å². The van der Waals surface area contributed by atoms with Crippen LogP contribution in [0.25, 0.3) is 0 Å². The summed E-state index contributed by atoms with van der Waals surface area (Å²) in [6.07, 6.45) is 5.92. The monoisotopic (exact) mass is 254 g/mol. The topological polar surface area (TPSA) is 64.3 Å². The second-order valence-corrected chi connectivity index (χ2v) is 5.08. The molecule has 0 atom stereocenters. The third-order valence-electron chi connectivity index (χ3n) is 2.86. The van der Waals surface area contributed by atoms with Crippen LogP contribution in [-0.2, 0) is 11.3 Å². The number of hydrogen-bond donors (Lipinski definition) is 1. The van der Waals surface area contributed by atoms with Crippen LogP contribution in [-0.4, -0.2) is 27.5 Å². The fourth-order valence-corrected chi connectivity index (χ4v) is 1.58. The number of aliphatic carboxylic acids is 1. The lowest BCUT2D eigenvalue weighted by Gasteiger charge is -2.18. The van der Waals surface area contributed by atoms with E-state index in [1.165, 1.54) is 0 Å². The molecule has 0 radical (unpaired) electrons. The molecular formula is C13H22N2O3. The molecule has 5 heteroatoms. The summed E-state index contributed by atoms with van der Waals surface area (Å²) < 4.78 is 7.38. The number of aryl methyl sites for hydroxylation is 1. The average molecular weight is 254 g/mol. The van der Waals surface area contributed by atoms with E-state index in [9.17, 15) is 4.79 Å². The van der Waals surface area contributed by atoms with Crippen LogP contribution in [0.3, 0.4) is 0 Å². The van der Waals surface area contributed by atoms with Crippen molar-refractivity contribution in [2.45, 2.75) is 46.6 Å². The van der Waals surface area contributed by atoms with Gasteiger partial charge in [0.05, 0.1) is 24.4 Å². The number of carboxylic acid groups (broad SMARTS) is 1. The largest absolute Gasteiger partial charge is 0.490 e. The van der Waals surface area contributed by atoms with Crippen molar-refractivity contribution >= 4 is 5.97 Å². The lowest BCUT2D eigenvalue weighted by Crippen LogP contribution is -2.24. The van der Waals surface area contributed by atoms with Gasteiger partial charge in [-0.1, -0.05) is 6.92 Å². The van der Waals surface area contributed by atoms with Gasteiger partial charge >= 0.3 is 5.97 Å². The normalized spacial score (nSPS) is 11.5. The predicted molar refractivity (Wildman–Crippen MR) is 68.7 cm³/mol. The van der Waals surface area contributed by atoms with E-state index < -0.39 is 11.4 Å². The smallest absolute Gasteiger partial charge is 0.309 e. The second-order valence-electron chi connectivity index (χ2n) is 5.08. The van der Waals surface area contributed by atoms with Crippen molar-refractivity contribution in [1.29, 1.82) is 0 Å². The van der Waals surface area contributed by atoms with Gasteiger partial charge in [0.15, 0.2) is 5.75 Å². The highest BCUT2D eigenvalue weighted by Crippen LogP contribution is 2.22. The summed E-state index contributed by atoms with van der Waals surface area (Å²) in [5, 5.41) is 13.1. The van der Waals surface area contributed by atoms with Gasteiger partial charge in [0.1, 0.15) is 0 Å². The fourth-order valence-electron chi connectivity index (χ4n) is 1.58. The number of rotatable bonds is 8. The Balaban J connectivity index is 2.27. The highest BCUT2D eigenvalue weighted by Gasteiger charge is 2.26. The third-order valence-corrected chi connectivity index (χ3v) is 2.86. The molecule has 1 aromatic heterocycles. The van der Waals surface area contributed by atoms with Crippen LogP contribution >= 0.6 is 0 Å². The van der Waals surface area contributed by atoms with E-state index in [0.717, 1.165) is 25.1 Å². The molecule has 0 aromatic carbocycles. The van der Waals surface area contributed by atoms with E-state index in [1.54, 1.807) is 20.0 Å². The summed E-state index contributed by atoms with van der Waals surface area (Å²) in [5.74, 6) is -0.0187. The van der Waals surface area contributed by atoms with Crippen molar-refractivity contribution in [3.05, 3.63) is 12.4 Å². The summed E-state index contributed by atoms with van der Waals surface area (Å²) in [4.78, 5) is 10.9. The van der Waals surface area contributed by atoms with Crippen LogP contribution in [0.5, 0.6) is 5.75 Å². The summed E-state index contributed by atoms with van der Waals surface area (Å²) in [5.41, 5.74) is -0.685. The molecule has 5 nitrogen and oxygen atoms in total. The SMILES string of the molecule is CCCn1cc(OCCCC(C)(C)C(=O)O)cn1. The highest BCUT2D eigenvalue weighted by atomic mass is 16.5. The van der Waals surface area contributed by atoms with E-state index in [0.29, 0.717) is 13.0 Å². The maximum Gasteiger partial charge on any atom is 0.309 e. The van der Waals surface area contributed by atoms with Gasteiger partial charge in [-0.3, -0.25) is 9.48 Å². The molecule has 0 saturated carbocycles. The number of carbonyl (C=O) groups is 1. The number of ether oxygens (including phenoxy) is 1. The van der Waals surface area contributed by atoms with E-state index in [-0.39, 0.29) is 0 Å². The number of nitrogens with zero attached hydrogens (tertiary/aromatic N) is 2. The van der Waals surface area contributed by atoms with E-state index in [4.69, 9.17) is 9.84 Å². The minimum atomic E-state index is -0.765. The van der Waals surface area contributed by atoms with Crippen LogP contribution < -0.4 is 4.74 Å². The molecule has 0 saturated heterocycles. The lowest BCUT2D eigenvalue weighted by molar-refractivity contribution is -0.147. The molecule has 0 amide bonds. The summed E-state index contributed by atoms with van der Waals surface area (Å²) >= 11 is 0. The first-order valence-electron chi connectivity index (χ1n) is 6.34. The van der Waals surface area contributed by atoms with Crippen LogP contribution in [0.2, 0.25) is 0 Å².